The standard InChI is InChI=1S/C20H22N2O2S.ClH/c1-14-9-11-17(12-10-14)25(23,24)20-19(16-7-5-4-6-8-16)15(2)18(22-20)13-21-3;/h4-12,21-22H,13H2,1-3H3;1H. The summed E-state index contributed by atoms with van der Waals surface area (Å²) in [6.45, 7) is 4.48. The van der Waals surface area contributed by atoms with Gasteiger partial charge in [-0.3, -0.25) is 0 Å². The van der Waals surface area contributed by atoms with E-state index in [-0.39, 0.29) is 17.4 Å². The van der Waals surface area contributed by atoms with Crippen LogP contribution in [-0.2, 0) is 16.4 Å². The van der Waals surface area contributed by atoms with Crippen molar-refractivity contribution < 1.29 is 8.42 Å². The van der Waals surface area contributed by atoms with Crippen LogP contribution < -0.4 is 5.32 Å². The van der Waals surface area contributed by atoms with Crippen molar-refractivity contribution in [1.82, 2.24) is 10.3 Å². The first-order valence-electron chi connectivity index (χ1n) is 8.18. The average Bonchev–Trinajstić information content (AvgIpc) is 2.94. The number of benzene rings is 2. The first kappa shape index (κ1) is 20.2. The summed E-state index contributed by atoms with van der Waals surface area (Å²) in [5, 5.41) is 3.34. The number of nitrogens with one attached hydrogen (secondary N) is 2. The van der Waals surface area contributed by atoms with Crippen LogP contribution in [0.4, 0.5) is 0 Å². The van der Waals surface area contributed by atoms with E-state index in [2.05, 4.69) is 10.3 Å². The zero-order chi connectivity index (χ0) is 18.0. The number of aromatic nitrogens is 1. The zero-order valence-corrected chi connectivity index (χ0v) is 16.7. The molecule has 0 aliphatic carbocycles. The van der Waals surface area contributed by atoms with Gasteiger partial charge in [0.25, 0.3) is 0 Å². The number of aryl methyl sites for hydroxylation is 1. The van der Waals surface area contributed by atoms with Crippen LogP contribution in [0.2, 0.25) is 0 Å². The van der Waals surface area contributed by atoms with Crippen molar-refractivity contribution in [1.29, 1.82) is 0 Å². The summed E-state index contributed by atoms with van der Waals surface area (Å²) in [5.41, 5.74) is 4.50. The van der Waals surface area contributed by atoms with E-state index < -0.39 is 9.84 Å². The lowest BCUT2D eigenvalue weighted by Gasteiger charge is -2.08. The summed E-state index contributed by atoms with van der Waals surface area (Å²) in [7, 11) is -1.79. The Labute approximate surface area is 161 Å². The molecule has 138 valence electrons. The van der Waals surface area contributed by atoms with Crippen molar-refractivity contribution in [3.05, 3.63) is 71.4 Å². The van der Waals surface area contributed by atoms with Gasteiger partial charge in [-0.25, -0.2) is 8.42 Å². The number of H-pyrrole nitrogens is 1. The zero-order valence-electron chi connectivity index (χ0n) is 15.0. The molecule has 0 bridgehead atoms. The van der Waals surface area contributed by atoms with Gasteiger partial charge in [0.15, 0.2) is 0 Å². The fourth-order valence-corrected chi connectivity index (χ4v) is 4.48. The number of hydrogen-bond donors (Lipinski definition) is 2. The van der Waals surface area contributed by atoms with Gasteiger partial charge in [-0.15, -0.1) is 12.4 Å². The van der Waals surface area contributed by atoms with Crippen LogP contribution in [0.5, 0.6) is 0 Å². The maximum Gasteiger partial charge on any atom is 0.222 e. The lowest BCUT2D eigenvalue weighted by Crippen LogP contribution is -2.07. The lowest BCUT2D eigenvalue weighted by atomic mass is 10.0. The van der Waals surface area contributed by atoms with Crippen molar-refractivity contribution in [3.8, 4) is 11.1 Å². The van der Waals surface area contributed by atoms with Crippen LogP contribution in [-0.4, -0.2) is 20.4 Å². The maximum atomic E-state index is 13.3. The van der Waals surface area contributed by atoms with Gasteiger partial charge in [0, 0.05) is 17.8 Å². The normalized spacial score (nSPS) is 11.2. The quantitative estimate of drug-likeness (QED) is 0.683. The number of sulfone groups is 1. The minimum absolute atomic E-state index is 0. The number of hydrogen-bond acceptors (Lipinski definition) is 3. The number of halogens is 1. The highest BCUT2D eigenvalue weighted by atomic mass is 35.5. The Kier molecular flexibility index (Phi) is 6.29. The molecule has 2 aromatic carbocycles. The van der Waals surface area contributed by atoms with E-state index in [1.165, 1.54) is 0 Å². The Morgan fingerprint density at radius 2 is 1.58 bits per heavy atom. The molecular weight excluding hydrogens is 368 g/mol. The summed E-state index contributed by atoms with van der Waals surface area (Å²) in [4.78, 5) is 3.45. The van der Waals surface area contributed by atoms with E-state index in [4.69, 9.17) is 0 Å². The third-order valence-electron chi connectivity index (χ3n) is 4.34. The van der Waals surface area contributed by atoms with Crippen molar-refractivity contribution in [2.75, 3.05) is 7.05 Å². The highest BCUT2D eigenvalue weighted by Gasteiger charge is 2.27. The summed E-state index contributed by atoms with van der Waals surface area (Å²) in [6, 6.07) is 16.6. The lowest BCUT2D eigenvalue weighted by molar-refractivity contribution is 0.592. The van der Waals surface area contributed by atoms with E-state index in [1.807, 2.05) is 63.4 Å². The molecule has 0 radical (unpaired) electrons. The topological polar surface area (TPSA) is 62.0 Å². The molecule has 1 aromatic heterocycles. The van der Waals surface area contributed by atoms with Crippen molar-refractivity contribution in [2.24, 2.45) is 0 Å². The third kappa shape index (κ3) is 3.70. The van der Waals surface area contributed by atoms with E-state index >= 15 is 0 Å². The Morgan fingerprint density at radius 1 is 0.962 bits per heavy atom. The molecule has 0 spiro atoms. The van der Waals surface area contributed by atoms with Gasteiger partial charge in [-0.2, -0.15) is 0 Å². The monoisotopic (exact) mass is 390 g/mol. The van der Waals surface area contributed by atoms with Crippen LogP contribution in [0.3, 0.4) is 0 Å². The maximum absolute atomic E-state index is 13.3. The second-order valence-corrected chi connectivity index (χ2v) is 8.03. The molecule has 0 aliphatic heterocycles. The molecule has 1 heterocycles. The molecule has 0 amide bonds. The summed E-state index contributed by atoms with van der Waals surface area (Å²) < 4.78 is 26.5. The third-order valence-corrected chi connectivity index (χ3v) is 6.07. The molecule has 0 saturated heterocycles. The van der Waals surface area contributed by atoms with Crippen molar-refractivity contribution >= 4 is 22.2 Å². The van der Waals surface area contributed by atoms with Crippen LogP contribution >= 0.6 is 12.4 Å². The largest absolute Gasteiger partial charge is 0.347 e. The predicted molar refractivity (Wildman–Crippen MR) is 108 cm³/mol. The molecule has 0 aliphatic rings. The Morgan fingerprint density at radius 3 is 2.15 bits per heavy atom. The van der Waals surface area contributed by atoms with Gasteiger partial charge in [0.2, 0.25) is 9.84 Å². The molecule has 0 atom stereocenters. The summed E-state index contributed by atoms with van der Waals surface area (Å²) in [5.74, 6) is 0. The van der Waals surface area contributed by atoms with Crippen LogP contribution in [0.25, 0.3) is 11.1 Å². The SMILES string of the molecule is CNCc1[nH]c(S(=O)(=O)c2ccc(C)cc2)c(-c2ccccc2)c1C.Cl. The smallest absolute Gasteiger partial charge is 0.222 e. The predicted octanol–water partition coefficient (Wildman–Crippen LogP) is 4.27. The van der Waals surface area contributed by atoms with Crippen LogP contribution in [0.1, 0.15) is 16.8 Å². The van der Waals surface area contributed by atoms with Gasteiger partial charge in [0.1, 0.15) is 5.03 Å². The molecule has 3 rings (SSSR count). The summed E-state index contributed by atoms with van der Waals surface area (Å²) >= 11 is 0. The van der Waals surface area contributed by atoms with E-state index in [1.54, 1.807) is 12.1 Å². The Balaban J connectivity index is 0.00000243. The molecule has 0 unspecified atom stereocenters. The fraction of sp³-hybridized carbons (Fsp3) is 0.200. The van der Waals surface area contributed by atoms with Gasteiger partial charge in [-0.1, -0.05) is 48.0 Å². The van der Waals surface area contributed by atoms with Gasteiger partial charge < -0.3 is 10.3 Å². The van der Waals surface area contributed by atoms with Crippen molar-refractivity contribution in [3.63, 3.8) is 0 Å². The van der Waals surface area contributed by atoms with Crippen LogP contribution in [0.15, 0.2) is 64.5 Å². The molecule has 6 heteroatoms. The molecule has 0 saturated carbocycles. The second kappa shape index (κ2) is 8.08. The van der Waals surface area contributed by atoms with E-state index in [0.29, 0.717) is 11.4 Å². The minimum atomic E-state index is -3.64. The minimum Gasteiger partial charge on any atom is -0.347 e. The molecule has 26 heavy (non-hydrogen) atoms. The van der Waals surface area contributed by atoms with Crippen LogP contribution in [0, 0.1) is 13.8 Å². The second-order valence-electron chi connectivity index (χ2n) is 6.15. The first-order valence-corrected chi connectivity index (χ1v) is 9.66. The number of aromatic amines is 1. The van der Waals surface area contributed by atoms with Gasteiger partial charge >= 0.3 is 0 Å². The molecule has 4 nitrogen and oxygen atoms in total. The molecule has 3 aromatic rings. The highest BCUT2D eigenvalue weighted by molar-refractivity contribution is 7.91. The van der Waals surface area contributed by atoms with Crippen molar-refractivity contribution in [2.45, 2.75) is 30.3 Å². The Bertz CT molecular complexity index is 979. The molecule has 2 N–H and O–H groups in total. The van der Waals surface area contributed by atoms with E-state index in [0.717, 1.165) is 27.9 Å². The summed E-state index contributed by atoms with van der Waals surface area (Å²) in [6.07, 6.45) is 0. The molecule has 0 fully saturated rings. The Hall–Kier alpha value is -2.08. The highest BCUT2D eigenvalue weighted by Crippen LogP contribution is 2.35. The number of rotatable bonds is 5. The first-order chi connectivity index (χ1) is 11.9. The average molecular weight is 391 g/mol. The van der Waals surface area contributed by atoms with Gasteiger partial charge in [-0.05, 0) is 44.2 Å². The fourth-order valence-electron chi connectivity index (χ4n) is 2.96. The van der Waals surface area contributed by atoms with Gasteiger partial charge in [0.05, 0.1) is 4.90 Å². The molecular formula is C20H23ClN2O2S. The van der Waals surface area contributed by atoms with E-state index in [9.17, 15) is 8.42 Å².